The molecule has 0 unspecified atom stereocenters. The van der Waals surface area contributed by atoms with E-state index in [1.165, 1.54) is 5.70 Å². The molecule has 1 atom stereocenters. The van der Waals surface area contributed by atoms with Crippen LogP contribution in [-0.2, 0) is 13.0 Å². The summed E-state index contributed by atoms with van der Waals surface area (Å²) in [6.07, 6.45) is 6.64. The zero-order valence-electron chi connectivity index (χ0n) is 18.5. The van der Waals surface area contributed by atoms with E-state index in [9.17, 15) is 9.59 Å². The molecule has 8 nitrogen and oxygen atoms in total. The Morgan fingerprint density at radius 1 is 1.22 bits per heavy atom. The molecule has 0 bridgehead atoms. The normalized spacial score (nSPS) is 17.8. The molecule has 3 aromatic heterocycles. The van der Waals surface area contributed by atoms with Crippen molar-refractivity contribution in [3.63, 3.8) is 0 Å². The Kier molecular flexibility index (Phi) is 5.01. The Labute approximate surface area is 186 Å². The van der Waals surface area contributed by atoms with Crippen molar-refractivity contribution >= 4 is 22.6 Å². The average Bonchev–Trinajstić information content (AvgIpc) is 3.62. The Balaban J connectivity index is 1.31. The third-order valence-corrected chi connectivity index (χ3v) is 6.43. The van der Waals surface area contributed by atoms with Crippen molar-refractivity contribution in [3.05, 3.63) is 75.1 Å². The van der Waals surface area contributed by atoms with E-state index in [1.54, 1.807) is 19.3 Å². The molecule has 3 aromatic rings. The number of hydrogen-bond donors (Lipinski definition) is 2. The number of amides is 1. The van der Waals surface area contributed by atoms with E-state index in [0.717, 1.165) is 53.0 Å². The van der Waals surface area contributed by atoms with Crippen molar-refractivity contribution < 1.29 is 4.79 Å². The lowest BCUT2D eigenvalue weighted by Crippen LogP contribution is -2.43. The number of rotatable bonds is 5. The second-order valence-electron chi connectivity index (χ2n) is 8.29. The molecule has 8 heteroatoms. The summed E-state index contributed by atoms with van der Waals surface area (Å²) < 4.78 is 0. The fourth-order valence-electron chi connectivity index (χ4n) is 4.41. The van der Waals surface area contributed by atoms with Crippen molar-refractivity contribution in [1.29, 1.82) is 0 Å². The number of nitrogens with one attached hydrogen (secondary N) is 2. The number of carbonyl (C=O) groups excluding carboxylic acids is 1. The van der Waals surface area contributed by atoms with Gasteiger partial charge in [-0.1, -0.05) is 6.92 Å². The van der Waals surface area contributed by atoms with Gasteiger partial charge in [0, 0.05) is 44.1 Å². The topological polar surface area (TPSA) is 94.2 Å². The van der Waals surface area contributed by atoms with Gasteiger partial charge in [-0.3, -0.25) is 19.5 Å². The molecule has 0 aromatic carbocycles. The van der Waals surface area contributed by atoms with Gasteiger partial charge in [-0.05, 0) is 48.7 Å². The molecule has 2 aliphatic rings. The molecule has 0 radical (unpaired) electrons. The second-order valence-corrected chi connectivity index (χ2v) is 8.29. The molecule has 0 spiro atoms. The summed E-state index contributed by atoms with van der Waals surface area (Å²) in [6, 6.07) is 5.89. The van der Waals surface area contributed by atoms with Crippen LogP contribution >= 0.6 is 0 Å². The van der Waals surface area contributed by atoms with Crippen LogP contribution in [0.4, 0.5) is 5.69 Å². The number of pyridine rings is 3. The fourth-order valence-corrected chi connectivity index (χ4v) is 4.41. The summed E-state index contributed by atoms with van der Waals surface area (Å²) >= 11 is 0. The van der Waals surface area contributed by atoms with Gasteiger partial charge in [-0.2, -0.15) is 0 Å². The lowest BCUT2D eigenvalue weighted by molar-refractivity contribution is 0.0958. The molecule has 2 N–H and O–H groups in total. The van der Waals surface area contributed by atoms with E-state index < -0.39 is 0 Å². The highest BCUT2D eigenvalue weighted by Gasteiger charge is 2.40. The quantitative estimate of drug-likeness (QED) is 0.644. The van der Waals surface area contributed by atoms with E-state index >= 15 is 0 Å². The van der Waals surface area contributed by atoms with Gasteiger partial charge >= 0.3 is 0 Å². The second kappa shape index (κ2) is 7.87. The van der Waals surface area contributed by atoms with E-state index in [2.05, 4.69) is 43.1 Å². The maximum atomic E-state index is 12.3. The first-order valence-electron chi connectivity index (χ1n) is 10.9. The summed E-state index contributed by atoms with van der Waals surface area (Å²) in [7, 11) is 1.60. The molecule has 32 heavy (non-hydrogen) atoms. The Morgan fingerprint density at radius 3 is 2.78 bits per heavy atom. The van der Waals surface area contributed by atoms with E-state index in [-0.39, 0.29) is 11.5 Å². The highest BCUT2D eigenvalue weighted by atomic mass is 16.1. The third-order valence-electron chi connectivity index (χ3n) is 6.43. The van der Waals surface area contributed by atoms with Gasteiger partial charge in [0.25, 0.3) is 11.5 Å². The predicted octanol–water partition coefficient (Wildman–Crippen LogP) is 2.14. The molecule has 5 rings (SSSR count). The minimum Gasteiger partial charge on any atom is -0.354 e. The van der Waals surface area contributed by atoms with E-state index in [1.807, 2.05) is 25.3 Å². The molecule has 0 saturated carbocycles. The van der Waals surface area contributed by atoms with Gasteiger partial charge in [0.05, 0.1) is 29.0 Å². The molecule has 1 amide bonds. The summed E-state index contributed by atoms with van der Waals surface area (Å²) in [5, 5.41) is 2.59. The molecule has 4 heterocycles. The predicted molar refractivity (Wildman–Crippen MR) is 124 cm³/mol. The molecular weight excluding hydrogens is 404 g/mol. The summed E-state index contributed by atoms with van der Waals surface area (Å²) in [4.78, 5) is 40.6. The van der Waals surface area contributed by atoms with Gasteiger partial charge in [-0.25, -0.2) is 4.98 Å². The third kappa shape index (κ3) is 3.46. The van der Waals surface area contributed by atoms with Crippen LogP contribution in [0.25, 0.3) is 11.0 Å². The molecule has 164 valence electrons. The fraction of sp³-hybridized carbons (Fsp3) is 0.333. The molecule has 1 aliphatic heterocycles. The number of aryl methyl sites for hydroxylation is 2. The van der Waals surface area contributed by atoms with Crippen LogP contribution in [0.2, 0.25) is 0 Å². The summed E-state index contributed by atoms with van der Waals surface area (Å²) in [6.45, 7) is 6.55. The SMILES string of the molecule is CCc1cc2ncc(CN3CCN(c4ccc(C(=O)NC)nc4)C4=C[C@H]43)c(C)c2[nH]c1=O. The Hall–Kier alpha value is -3.52. The van der Waals surface area contributed by atoms with Gasteiger partial charge in [0.15, 0.2) is 0 Å². The Morgan fingerprint density at radius 2 is 2.06 bits per heavy atom. The van der Waals surface area contributed by atoms with Crippen LogP contribution in [-0.4, -0.2) is 51.9 Å². The monoisotopic (exact) mass is 430 g/mol. The number of nitrogens with zero attached hydrogens (tertiary/aromatic N) is 4. The highest BCUT2D eigenvalue weighted by molar-refractivity contribution is 5.92. The van der Waals surface area contributed by atoms with Crippen molar-refractivity contribution in [2.24, 2.45) is 0 Å². The first kappa shape index (κ1) is 20.4. The molecule has 1 fully saturated rings. The van der Waals surface area contributed by atoms with Crippen LogP contribution in [0.1, 0.15) is 34.1 Å². The van der Waals surface area contributed by atoms with E-state index in [4.69, 9.17) is 0 Å². The summed E-state index contributed by atoms with van der Waals surface area (Å²) in [5.74, 6) is -0.184. The highest BCUT2D eigenvalue weighted by Crippen LogP contribution is 2.38. The number of aromatic nitrogens is 3. The zero-order valence-corrected chi connectivity index (χ0v) is 18.5. The smallest absolute Gasteiger partial charge is 0.269 e. The number of piperazine rings is 1. The number of anilines is 1. The van der Waals surface area contributed by atoms with Crippen LogP contribution in [0.15, 0.2) is 47.2 Å². The number of H-pyrrole nitrogens is 1. The average molecular weight is 431 g/mol. The standard InChI is InChI=1S/C24H26N6O2/c1-4-15-9-19-22(28-23(15)31)14(2)16(11-26-19)13-29-7-8-30(21-10-20(21)29)17-5-6-18(27-12-17)24(32)25-3/h5-6,9-12,20H,4,7-8,13H2,1-3H3,(H,25,32)(H,28,31)/t20-/m1/s1. The van der Waals surface area contributed by atoms with Crippen LogP contribution in [0, 0.1) is 6.92 Å². The van der Waals surface area contributed by atoms with Gasteiger partial charge < -0.3 is 15.2 Å². The van der Waals surface area contributed by atoms with Crippen LogP contribution in [0.5, 0.6) is 0 Å². The lowest BCUT2D eigenvalue weighted by Gasteiger charge is -2.35. The van der Waals surface area contributed by atoms with Crippen molar-refractivity contribution in [1.82, 2.24) is 25.2 Å². The number of hydrogen-bond acceptors (Lipinski definition) is 6. The largest absolute Gasteiger partial charge is 0.354 e. The molecule has 1 saturated heterocycles. The maximum Gasteiger partial charge on any atom is 0.269 e. The van der Waals surface area contributed by atoms with Gasteiger partial charge in [0.2, 0.25) is 0 Å². The minimum atomic E-state index is -0.184. The van der Waals surface area contributed by atoms with Gasteiger partial charge in [0.1, 0.15) is 5.69 Å². The Bertz CT molecular complexity index is 1290. The molecule has 1 aliphatic carbocycles. The first-order chi connectivity index (χ1) is 15.5. The van der Waals surface area contributed by atoms with Crippen LogP contribution in [0.3, 0.4) is 0 Å². The first-order valence-corrected chi connectivity index (χ1v) is 10.9. The van der Waals surface area contributed by atoms with Crippen molar-refractivity contribution in [2.75, 3.05) is 25.0 Å². The number of carbonyl (C=O) groups is 1. The lowest BCUT2D eigenvalue weighted by atomic mass is 10.1. The van der Waals surface area contributed by atoms with Gasteiger partial charge in [-0.15, -0.1) is 0 Å². The van der Waals surface area contributed by atoms with Crippen LogP contribution < -0.4 is 15.8 Å². The zero-order chi connectivity index (χ0) is 22.4. The minimum absolute atomic E-state index is 0.0298. The van der Waals surface area contributed by atoms with E-state index in [0.29, 0.717) is 18.2 Å². The van der Waals surface area contributed by atoms with Crippen molar-refractivity contribution in [2.45, 2.75) is 32.9 Å². The number of aromatic amines is 1. The maximum absolute atomic E-state index is 12.3. The summed E-state index contributed by atoms with van der Waals surface area (Å²) in [5.41, 5.74) is 7.28. The number of fused-ring (bicyclic) bond motifs is 2. The molecular formula is C24H26N6O2. The van der Waals surface area contributed by atoms with Crippen molar-refractivity contribution in [3.8, 4) is 0 Å².